The number of hydrogen-bond donors (Lipinski definition) is 1. The van der Waals surface area contributed by atoms with Crippen LogP contribution < -0.4 is 4.72 Å². The van der Waals surface area contributed by atoms with Crippen molar-refractivity contribution in [3.63, 3.8) is 0 Å². The smallest absolute Gasteiger partial charge is 0.255 e. The summed E-state index contributed by atoms with van der Waals surface area (Å²) in [6.07, 6.45) is 1.51. The van der Waals surface area contributed by atoms with Gasteiger partial charge in [-0.1, -0.05) is 42.0 Å². The Kier molecular flexibility index (Phi) is 4.78. The lowest BCUT2D eigenvalue weighted by molar-refractivity contribution is 0.101. The van der Waals surface area contributed by atoms with E-state index in [-0.39, 0.29) is 11.5 Å². The largest absolute Gasteiger partial charge is 0.294 e. The third-order valence-corrected chi connectivity index (χ3v) is 4.07. The summed E-state index contributed by atoms with van der Waals surface area (Å²) in [5, 5.41) is 1.09. The molecule has 0 saturated carbocycles. The average molecular weight is 315 g/mol. The minimum Gasteiger partial charge on any atom is -0.294 e. The van der Waals surface area contributed by atoms with E-state index < -0.39 is 10.0 Å². The van der Waals surface area contributed by atoms with E-state index >= 15 is 0 Å². The molecule has 22 heavy (non-hydrogen) atoms. The number of carbonyl (C=O) groups is 1. The summed E-state index contributed by atoms with van der Waals surface area (Å²) in [6.45, 7) is 3.36. The molecule has 5 heteroatoms. The maximum absolute atomic E-state index is 12.1. The summed E-state index contributed by atoms with van der Waals surface area (Å²) < 4.78 is 26.6. The number of aryl methyl sites for hydroxylation is 1. The van der Waals surface area contributed by atoms with Gasteiger partial charge in [-0.25, -0.2) is 8.42 Å². The first kappa shape index (κ1) is 16.0. The molecule has 0 saturated heterocycles. The van der Waals surface area contributed by atoms with Crippen molar-refractivity contribution in [1.82, 2.24) is 0 Å². The molecule has 0 aliphatic heterocycles. The van der Waals surface area contributed by atoms with Crippen LogP contribution in [0.4, 0.5) is 5.69 Å². The summed E-state index contributed by atoms with van der Waals surface area (Å²) in [5.41, 5.74) is 2.52. The number of hydrogen-bond acceptors (Lipinski definition) is 3. The van der Waals surface area contributed by atoms with Crippen molar-refractivity contribution in [2.24, 2.45) is 0 Å². The van der Waals surface area contributed by atoms with Gasteiger partial charge in [0.1, 0.15) is 0 Å². The van der Waals surface area contributed by atoms with Crippen LogP contribution in [0.3, 0.4) is 0 Å². The number of para-hydroxylation sites is 1. The lowest BCUT2D eigenvalue weighted by Gasteiger charge is -2.08. The average Bonchev–Trinajstić information content (AvgIpc) is 2.46. The molecule has 114 valence electrons. The number of anilines is 1. The van der Waals surface area contributed by atoms with Gasteiger partial charge >= 0.3 is 0 Å². The summed E-state index contributed by atoms with van der Waals surface area (Å²) in [7, 11) is -3.68. The van der Waals surface area contributed by atoms with Gasteiger partial charge in [0.25, 0.3) is 10.0 Å². The van der Waals surface area contributed by atoms with Crippen LogP contribution in [0.5, 0.6) is 0 Å². The van der Waals surface area contributed by atoms with Crippen molar-refractivity contribution in [3.05, 3.63) is 70.6 Å². The highest BCUT2D eigenvalue weighted by molar-refractivity contribution is 7.95. The minimum absolute atomic E-state index is 0.194. The number of Topliss-reactive ketones (excluding diaryl/α,β-unsaturated/α-hetero) is 1. The third kappa shape index (κ3) is 4.30. The maximum atomic E-state index is 12.1. The van der Waals surface area contributed by atoms with Gasteiger partial charge in [0.2, 0.25) is 0 Å². The number of rotatable bonds is 5. The predicted molar refractivity (Wildman–Crippen MR) is 89.2 cm³/mol. The van der Waals surface area contributed by atoms with Crippen LogP contribution in [-0.4, -0.2) is 14.2 Å². The summed E-state index contributed by atoms with van der Waals surface area (Å²) in [4.78, 5) is 11.5. The molecular formula is C17H17NO3S. The second-order valence-electron chi connectivity index (χ2n) is 4.96. The fourth-order valence-corrected chi connectivity index (χ4v) is 2.80. The summed E-state index contributed by atoms with van der Waals surface area (Å²) in [5.74, 6) is -0.194. The quantitative estimate of drug-likeness (QED) is 0.857. The summed E-state index contributed by atoms with van der Waals surface area (Å²) >= 11 is 0. The molecule has 0 heterocycles. The van der Waals surface area contributed by atoms with Crippen LogP contribution in [-0.2, 0) is 10.0 Å². The Morgan fingerprint density at radius 3 is 2.32 bits per heavy atom. The zero-order valence-corrected chi connectivity index (χ0v) is 13.2. The molecule has 4 nitrogen and oxygen atoms in total. The molecule has 0 fully saturated rings. The number of carbonyl (C=O) groups excluding carboxylic acids is 1. The molecule has 0 aliphatic rings. The topological polar surface area (TPSA) is 63.2 Å². The van der Waals surface area contributed by atoms with Crippen molar-refractivity contribution in [2.45, 2.75) is 13.8 Å². The van der Waals surface area contributed by atoms with E-state index in [1.54, 1.807) is 24.3 Å². The Bertz CT molecular complexity index is 806. The van der Waals surface area contributed by atoms with Crippen LogP contribution >= 0.6 is 0 Å². The number of nitrogens with one attached hydrogen (secondary N) is 1. The Balaban J connectivity index is 2.21. The Morgan fingerprint density at radius 1 is 1.05 bits per heavy atom. The number of sulfonamides is 1. The highest BCUT2D eigenvalue weighted by Crippen LogP contribution is 2.18. The van der Waals surface area contributed by atoms with Crippen molar-refractivity contribution < 1.29 is 13.2 Å². The van der Waals surface area contributed by atoms with Crippen LogP contribution in [0.2, 0.25) is 0 Å². The number of ketones is 1. The molecule has 2 rings (SSSR count). The molecule has 0 radical (unpaired) electrons. The fourth-order valence-electron chi connectivity index (χ4n) is 1.91. The first-order chi connectivity index (χ1) is 10.4. The SMILES string of the molecule is CC(=O)c1ccccc1NS(=O)(=O)/C=C/c1ccc(C)cc1. The van der Waals surface area contributed by atoms with E-state index in [0.717, 1.165) is 16.5 Å². The molecule has 0 spiro atoms. The van der Waals surface area contributed by atoms with Gasteiger partial charge in [-0.05, 0) is 37.6 Å². The second-order valence-corrected chi connectivity index (χ2v) is 6.53. The molecule has 2 aromatic rings. The first-order valence-corrected chi connectivity index (χ1v) is 8.29. The van der Waals surface area contributed by atoms with E-state index in [1.165, 1.54) is 13.0 Å². The van der Waals surface area contributed by atoms with Crippen LogP contribution in [0.15, 0.2) is 53.9 Å². The molecular weight excluding hydrogens is 298 g/mol. The normalized spacial score (nSPS) is 11.5. The van der Waals surface area contributed by atoms with Crippen molar-refractivity contribution >= 4 is 27.6 Å². The fraction of sp³-hybridized carbons (Fsp3) is 0.118. The molecule has 0 amide bonds. The van der Waals surface area contributed by atoms with Gasteiger partial charge < -0.3 is 0 Å². The van der Waals surface area contributed by atoms with Crippen LogP contribution in [0.25, 0.3) is 6.08 Å². The molecule has 0 aromatic heterocycles. The van der Waals surface area contributed by atoms with E-state index in [0.29, 0.717) is 5.56 Å². The zero-order valence-electron chi connectivity index (χ0n) is 12.4. The van der Waals surface area contributed by atoms with Gasteiger partial charge in [-0.3, -0.25) is 9.52 Å². The molecule has 0 unspecified atom stereocenters. The first-order valence-electron chi connectivity index (χ1n) is 6.75. The monoisotopic (exact) mass is 315 g/mol. The highest BCUT2D eigenvalue weighted by Gasteiger charge is 2.11. The van der Waals surface area contributed by atoms with E-state index in [9.17, 15) is 13.2 Å². The Labute approximate surface area is 130 Å². The standard InChI is InChI=1S/C17H17NO3S/c1-13-7-9-15(10-8-13)11-12-22(20,21)18-17-6-4-3-5-16(17)14(2)19/h3-12,18H,1-2H3/b12-11+. The minimum atomic E-state index is -3.68. The van der Waals surface area contributed by atoms with Crippen molar-refractivity contribution in [2.75, 3.05) is 4.72 Å². The molecule has 2 aromatic carbocycles. The second kappa shape index (κ2) is 6.58. The van der Waals surface area contributed by atoms with Gasteiger partial charge in [-0.2, -0.15) is 0 Å². The van der Waals surface area contributed by atoms with Gasteiger partial charge in [-0.15, -0.1) is 0 Å². The molecule has 0 aliphatic carbocycles. The van der Waals surface area contributed by atoms with Crippen molar-refractivity contribution in [3.8, 4) is 0 Å². The lowest BCUT2D eigenvalue weighted by atomic mass is 10.1. The van der Waals surface area contributed by atoms with Gasteiger partial charge in [0, 0.05) is 5.56 Å². The van der Waals surface area contributed by atoms with E-state index in [1.807, 2.05) is 31.2 Å². The Morgan fingerprint density at radius 2 is 1.68 bits per heavy atom. The van der Waals surface area contributed by atoms with E-state index in [4.69, 9.17) is 0 Å². The third-order valence-electron chi connectivity index (χ3n) is 3.08. The van der Waals surface area contributed by atoms with Gasteiger partial charge in [0.15, 0.2) is 5.78 Å². The molecule has 1 N–H and O–H groups in total. The maximum Gasteiger partial charge on any atom is 0.255 e. The van der Waals surface area contributed by atoms with Gasteiger partial charge in [0.05, 0.1) is 11.1 Å². The van der Waals surface area contributed by atoms with Crippen LogP contribution in [0, 0.1) is 6.92 Å². The number of benzene rings is 2. The highest BCUT2D eigenvalue weighted by atomic mass is 32.2. The lowest BCUT2D eigenvalue weighted by Crippen LogP contribution is -2.11. The van der Waals surface area contributed by atoms with E-state index in [2.05, 4.69) is 4.72 Å². The predicted octanol–water partition coefficient (Wildman–Crippen LogP) is 3.61. The molecule has 0 bridgehead atoms. The summed E-state index contributed by atoms with van der Waals surface area (Å²) in [6, 6.07) is 14.0. The van der Waals surface area contributed by atoms with Crippen molar-refractivity contribution in [1.29, 1.82) is 0 Å². The molecule has 0 atom stereocenters. The van der Waals surface area contributed by atoms with Crippen LogP contribution in [0.1, 0.15) is 28.4 Å². The Hall–Kier alpha value is -2.40. The zero-order chi connectivity index (χ0) is 16.2.